The molecule has 0 spiro atoms. The van der Waals surface area contributed by atoms with Crippen LogP contribution < -0.4 is 0 Å². The van der Waals surface area contributed by atoms with E-state index in [4.69, 9.17) is 5.26 Å². The molecule has 94 valence electrons. The predicted molar refractivity (Wildman–Crippen MR) is 66.0 cm³/mol. The SMILES string of the molecule is N#CCC(O)CCC1C2CC3CC(C2)CC1C3. The third kappa shape index (κ3) is 2.22. The van der Waals surface area contributed by atoms with Crippen molar-refractivity contribution in [1.29, 1.82) is 5.26 Å². The lowest BCUT2D eigenvalue weighted by Crippen LogP contribution is -2.45. The van der Waals surface area contributed by atoms with Crippen molar-refractivity contribution in [3.8, 4) is 6.07 Å². The molecule has 4 rings (SSSR count). The van der Waals surface area contributed by atoms with Crippen molar-refractivity contribution in [3.05, 3.63) is 0 Å². The highest BCUT2D eigenvalue weighted by molar-refractivity contribution is 4.98. The van der Waals surface area contributed by atoms with Crippen LogP contribution in [0.25, 0.3) is 0 Å². The fourth-order valence-corrected chi connectivity index (χ4v) is 5.10. The second-order valence-corrected chi connectivity index (χ2v) is 6.69. The van der Waals surface area contributed by atoms with E-state index < -0.39 is 0 Å². The Balaban J connectivity index is 1.56. The maximum atomic E-state index is 9.68. The number of nitrogens with zero attached hydrogens (tertiary/aromatic N) is 1. The van der Waals surface area contributed by atoms with Gasteiger partial charge in [0.15, 0.2) is 0 Å². The van der Waals surface area contributed by atoms with Gasteiger partial charge in [-0.25, -0.2) is 0 Å². The quantitative estimate of drug-likeness (QED) is 0.810. The monoisotopic (exact) mass is 233 g/mol. The molecule has 4 bridgehead atoms. The molecule has 1 N–H and O–H groups in total. The summed E-state index contributed by atoms with van der Waals surface area (Å²) < 4.78 is 0. The van der Waals surface area contributed by atoms with Gasteiger partial charge in [0.05, 0.1) is 18.6 Å². The summed E-state index contributed by atoms with van der Waals surface area (Å²) in [6.07, 6.45) is 9.32. The van der Waals surface area contributed by atoms with Crippen LogP contribution >= 0.6 is 0 Å². The van der Waals surface area contributed by atoms with E-state index in [1.54, 1.807) is 0 Å². The van der Waals surface area contributed by atoms with E-state index in [9.17, 15) is 5.11 Å². The number of nitriles is 1. The lowest BCUT2D eigenvalue weighted by Gasteiger charge is -2.54. The van der Waals surface area contributed by atoms with Crippen LogP contribution in [-0.4, -0.2) is 11.2 Å². The Morgan fingerprint density at radius 2 is 1.65 bits per heavy atom. The molecule has 4 aliphatic rings. The Kier molecular flexibility index (Phi) is 3.13. The first kappa shape index (κ1) is 11.5. The third-order valence-electron chi connectivity index (χ3n) is 5.58. The van der Waals surface area contributed by atoms with Gasteiger partial charge in [-0.3, -0.25) is 0 Å². The number of rotatable bonds is 4. The van der Waals surface area contributed by atoms with Crippen molar-refractivity contribution < 1.29 is 5.11 Å². The van der Waals surface area contributed by atoms with Gasteiger partial charge in [0.1, 0.15) is 0 Å². The van der Waals surface area contributed by atoms with Crippen molar-refractivity contribution in [1.82, 2.24) is 0 Å². The molecule has 17 heavy (non-hydrogen) atoms. The first-order valence-electron chi connectivity index (χ1n) is 7.31. The Bertz CT molecular complexity index is 291. The van der Waals surface area contributed by atoms with E-state index in [1.165, 1.54) is 32.1 Å². The normalized spacial score (nSPS) is 44.6. The number of aliphatic hydroxyl groups excluding tert-OH is 1. The van der Waals surface area contributed by atoms with Crippen molar-refractivity contribution in [3.63, 3.8) is 0 Å². The highest BCUT2D eigenvalue weighted by atomic mass is 16.3. The second-order valence-electron chi connectivity index (χ2n) is 6.69. The van der Waals surface area contributed by atoms with Crippen LogP contribution in [0.15, 0.2) is 0 Å². The average molecular weight is 233 g/mol. The van der Waals surface area contributed by atoms with Gasteiger partial charge in [0, 0.05) is 0 Å². The molecule has 2 nitrogen and oxygen atoms in total. The van der Waals surface area contributed by atoms with Crippen LogP contribution in [0.4, 0.5) is 0 Å². The molecule has 0 amide bonds. The minimum atomic E-state index is -0.378. The molecule has 2 heteroatoms. The van der Waals surface area contributed by atoms with Gasteiger partial charge in [-0.1, -0.05) is 0 Å². The summed E-state index contributed by atoms with van der Waals surface area (Å²) in [6.45, 7) is 0. The van der Waals surface area contributed by atoms with Gasteiger partial charge in [0.2, 0.25) is 0 Å². The van der Waals surface area contributed by atoms with Crippen LogP contribution in [0.3, 0.4) is 0 Å². The van der Waals surface area contributed by atoms with Crippen LogP contribution in [0.5, 0.6) is 0 Å². The van der Waals surface area contributed by atoms with E-state index in [0.29, 0.717) is 6.42 Å². The van der Waals surface area contributed by atoms with Gasteiger partial charge in [0.25, 0.3) is 0 Å². The van der Waals surface area contributed by atoms with Crippen LogP contribution in [-0.2, 0) is 0 Å². The van der Waals surface area contributed by atoms with E-state index >= 15 is 0 Å². The molecular weight excluding hydrogens is 210 g/mol. The molecule has 4 fully saturated rings. The molecule has 0 aromatic heterocycles. The Morgan fingerprint density at radius 3 is 2.18 bits per heavy atom. The zero-order valence-corrected chi connectivity index (χ0v) is 10.5. The predicted octanol–water partition coefficient (Wildman–Crippen LogP) is 3.11. The highest BCUT2D eigenvalue weighted by Crippen LogP contribution is 2.57. The molecule has 0 aromatic rings. The number of hydrogen-bond donors (Lipinski definition) is 1. The molecule has 0 saturated heterocycles. The first-order valence-corrected chi connectivity index (χ1v) is 7.31. The van der Waals surface area contributed by atoms with Gasteiger partial charge in [-0.2, -0.15) is 5.26 Å². The number of aliphatic hydroxyl groups is 1. The standard InChI is InChI=1S/C15H23NO/c16-4-3-14(17)1-2-15-12-6-10-5-11(8-12)9-13(15)7-10/h10-15,17H,1-3,5-9H2. The summed E-state index contributed by atoms with van der Waals surface area (Å²) in [5.41, 5.74) is 0. The summed E-state index contributed by atoms with van der Waals surface area (Å²) in [5.74, 6) is 4.87. The Morgan fingerprint density at radius 1 is 1.06 bits per heavy atom. The fourth-order valence-electron chi connectivity index (χ4n) is 5.10. The largest absolute Gasteiger partial charge is 0.392 e. The van der Waals surface area contributed by atoms with Crippen molar-refractivity contribution >= 4 is 0 Å². The minimum Gasteiger partial charge on any atom is -0.392 e. The summed E-state index contributed by atoms with van der Waals surface area (Å²) in [7, 11) is 0. The topological polar surface area (TPSA) is 44.0 Å². The molecule has 0 aliphatic heterocycles. The van der Waals surface area contributed by atoms with Crippen molar-refractivity contribution in [2.24, 2.45) is 29.6 Å². The second kappa shape index (κ2) is 4.61. The van der Waals surface area contributed by atoms with E-state index in [-0.39, 0.29) is 6.10 Å². The maximum Gasteiger partial charge on any atom is 0.0670 e. The molecule has 1 unspecified atom stereocenters. The zero-order chi connectivity index (χ0) is 11.8. The lowest BCUT2D eigenvalue weighted by molar-refractivity contribution is -0.0438. The van der Waals surface area contributed by atoms with E-state index in [0.717, 1.165) is 42.4 Å². The van der Waals surface area contributed by atoms with E-state index in [2.05, 4.69) is 6.07 Å². The molecule has 4 aliphatic carbocycles. The molecule has 4 saturated carbocycles. The first-order chi connectivity index (χ1) is 8.26. The maximum absolute atomic E-state index is 9.68. The smallest absolute Gasteiger partial charge is 0.0670 e. The zero-order valence-electron chi connectivity index (χ0n) is 10.5. The molecular formula is C15H23NO. The van der Waals surface area contributed by atoms with Gasteiger partial charge in [-0.05, 0) is 74.5 Å². The third-order valence-corrected chi connectivity index (χ3v) is 5.58. The summed E-state index contributed by atoms with van der Waals surface area (Å²) >= 11 is 0. The van der Waals surface area contributed by atoms with Gasteiger partial charge in [-0.15, -0.1) is 0 Å². The van der Waals surface area contributed by atoms with E-state index in [1.807, 2.05) is 0 Å². The summed E-state index contributed by atoms with van der Waals surface area (Å²) in [5, 5.41) is 18.2. The van der Waals surface area contributed by atoms with Crippen LogP contribution in [0.1, 0.15) is 51.4 Å². The highest BCUT2D eigenvalue weighted by Gasteiger charge is 2.47. The van der Waals surface area contributed by atoms with Gasteiger partial charge < -0.3 is 5.11 Å². The van der Waals surface area contributed by atoms with Crippen LogP contribution in [0, 0.1) is 40.9 Å². The van der Waals surface area contributed by atoms with Crippen molar-refractivity contribution in [2.45, 2.75) is 57.5 Å². The molecule has 0 radical (unpaired) electrons. The Hall–Kier alpha value is -0.550. The Labute approximate surface area is 104 Å². The van der Waals surface area contributed by atoms with Crippen LogP contribution in [0.2, 0.25) is 0 Å². The molecule has 0 aromatic carbocycles. The number of hydrogen-bond acceptors (Lipinski definition) is 2. The summed E-state index contributed by atoms with van der Waals surface area (Å²) in [6, 6.07) is 2.07. The minimum absolute atomic E-state index is 0.313. The molecule has 1 atom stereocenters. The average Bonchev–Trinajstić information content (AvgIpc) is 2.27. The van der Waals surface area contributed by atoms with Gasteiger partial charge >= 0.3 is 0 Å². The van der Waals surface area contributed by atoms with Crippen molar-refractivity contribution in [2.75, 3.05) is 0 Å². The summed E-state index contributed by atoms with van der Waals surface area (Å²) in [4.78, 5) is 0. The lowest BCUT2D eigenvalue weighted by atomic mass is 9.51. The molecule has 0 heterocycles. The fraction of sp³-hybridized carbons (Fsp3) is 0.933.